The van der Waals surface area contributed by atoms with Gasteiger partial charge in [0.25, 0.3) is 0 Å². The highest BCUT2D eigenvalue weighted by Crippen LogP contribution is 2.34. The van der Waals surface area contributed by atoms with Crippen LogP contribution in [0.1, 0.15) is 27.9 Å². The molecule has 6 aromatic rings. The van der Waals surface area contributed by atoms with Gasteiger partial charge < -0.3 is 19.9 Å². The van der Waals surface area contributed by atoms with Crippen molar-refractivity contribution in [1.82, 2.24) is 24.7 Å². The first kappa shape index (κ1) is 25.1. The number of aromatic amines is 1. The Kier molecular flexibility index (Phi) is 6.51. The average molecular weight is 544 g/mol. The van der Waals surface area contributed by atoms with Crippen molar-refractivity contribution >= 4 is 33.7 Å². The van der Waals surface area contributed by atoms with Crippen molar-refractivity contribution in [2.24, 2.45) is 0 Å². The molecule has 1 aliphatic heterocycles. The summed E-state index contributed by atoms with van der Waals surface area (Å²) < 4.78 is 7.40. The number of anilines is 2. The van der Waals surface area contributed by atoms with Crippen LogP contribution in [0.3, 0.4) is 0 Å². The van der Waals surface area contributed by atoms with Crippen LogP contribution >= 0.6 is 0 Å². The number of fused-ring (bicyclic) bond motifs is 1. The molecule has 0 saturated heterocycles. The maximum absolute atomic E-state index is 5.36. The third-order valence-electron chi connectivity index (χ3n) is 7.96. The van der Waals surface area contributed by atoms with Crippen molar-refractivity contribution < 1.29 is 4.74 Å². The lowest BCUT2D eigenvalue weighted by Crippen LogP contribution is -2.29. The Hall–Kier alpha value is -4.85. The maximum Gasteiger partial charge on any atom is 0.226 e. The molecule has 0 unspecified atom stereocenters. The highest BCUT2D eigenvalue weighted by molar-refractivity contribution is 5.92. The van der Waals surface area contributed by atoms with Crippen LogP contribution in [0, 0.1) is 6.92 Å². The van der Waals surface area contributed by atoms with Crippen LogP contribution in [0.4, 0.5) is 11.8 Å². The van der Waals surface area contributed by atoms with Gasteiger partial charge in [0, 0.05) is 43.2 Å². The second-order valence-corrected chi connectivity index (χ2v) is 10.7. The lowest BCUT2D eigenvalue weighted by atomic mass is 10.1. The van der Waals surface area contributed by atoms with E-state index in [0.717, 1.165) is 60.8 Å². The van der Waals surface area contributed by atoms with Gasteiger partial charge in [0.15, 0.2) is 5.65 Å². The van der Waals surface area contributed by atoms with Crippen LogP contribution < -0.4 is 15.0 Å². The first-order chi connectivity index (χ1) is 20.2. The van der Waals surface area contributed by atoms with Gasteiger partial charge in [-0.05, 0) is 47.7 Å². The summed E-state index contributed by atoms with van der Waals surface area (Å²) in [6.45, 7) is 5.14. The fourth-order valence-corrected chi connectivity index (χ4v) is 5.81. The normalized spacial score (nSPS) is 12.8. The van der Waals surface area contributed by atoms with Crippen molar-refractivity contribution in [3.8, 4) is 5.75 Å². The molecule has 4 heterocycles. The van der Waals surface area contributed by atoms with Crippen LogP contribution in [-0.2, 0) is 25.9 Å². The van der Waals surface area contributed by atoms with Crippen LogP contribution in [0.5, 0.6) is 5.75 Å². The second kappa shape index (κ2) is 10.6. The molecule has 0 fully saturated rings. The molecule has 0 amide bonds. The Bertz CT molecular complexity index is 1820. The SMILES string of the molecule is COc1ccc(CN2CCc3nn(Cc4ccccc4)c4nc(NCCc5c[nH]c6c(C)cccc56)nc2c34)cc1. The van der Waals surface area contributed by atoms with E-state index in [1.807, 2.05) is 22.9 Å². The largest absolute Gasteiger partial charge is 0.497 e. The van der Waals surface area contributed by atoms with Crippen molar-refractivity contribution in [3.63, 3.8) is 0 Å². The van der Waals surface area contributed by atoms with E-state index in [-0.39, 0.29) is 0 Å². The number of H-pyrrole nitrogens is 1. The number of benzene rings is 3. The molecule has 8 nitrogen and oxygen atoms in total. The number of para-hydroxylation sites is 1. The summed E-state index contributed by atoms with van der Waals surface area (Å²) in [4.78, 5) is 15.9. The quantitative estimate of drug-likeness (QED) is 0.237. The van der Waals surface area contributed by atoms with E-state index in [0.29, 0.717) is 12.5 Å². The molecule has 0 spiro atoms. The van der Waals surface area contributed by atoms with Crippen molar-refractivity contribution in [2.75, 3.05) is 30.4 Å². The Balaban J connectivity index is 1.21. The molecule has 7 rings (SSSR count). The van der Waals surface area contributed by atoms with E-state index < -0.39 is 0 Å². The van der Waals surface area contributed by atoms with Crippen LogP contribution in [0.2, 0.25) is 0 Å². The number of nitrogens with one attached hydrogen (secondary N) is 2. The summed E-state index contributed by atoms with van der Waals surface area (Å²) >= 11 is 0. The standard InChI is InChI=1S/C33H33N7O/c1-22-7-6-10-27-25(19-35-30(22)27)15-17-34-33-36-31-29-28(16-18-39(31)20-24-11-13-26(41-2)14-12-24)38-40(32(29)37-33)21-23-8-4-3-5-9-23/h3-14,19,35H,15-18,20-21H2,1-2H3,(H,34,36,37). The number of rotatable bonds is 9. The Morgan fingerprint density at radius 2 is 1.76 bits per heavy atom. The zero-order valence-electron chi connectivity index (χ0n) is 23.4. The maximum atomic E-state index is 5.36. The second-order valence-electron chi connectivity index (χ2n) is 10.7. The fraction of sp³-hybridized carbons (Fsp3) is 0.242. The zero-order chi connectivity index (χ0) is 27.8. The summed E-state index contributed by atoms with van der Waals surface area (Å²) in [5.74, 6) is 2.43. The minimum absolute atomic E-state index is 0.630. The van der Waals surface area contributed by atoms with Crippen LogP contribution in [-0.4, -0.2) is 44.9 Å². The highest BCUT2D eigenvalue weighted by Gasteiger charge is 2.27. The number of hydrogen-bond donors (Lipinski definition) is 2. The van der Waals surface area contributed by atoms with E-state index in [4.69, 9.17) is 19.8 Å². The van der Waals surface area contributed by atoms with E-state index in [1.165, 1.54) is 33.2 Å². The summed E-state index contributed by atoms with van der Waals surface area (Å²) in [5.41, 5.74) is 8.10. The summed E-state index contributed by atoms with van der Waals surface area (Å²) in [6.07, 6.45) is 3.84. The van der Waals surface area contributed by atoms with Gasteiger partial charge in [-0.15, -0.1) is 0 Å². The predicted molar refractivity (Wildman–Crippen MR) is 164 cm³/mol. The van der Waals surface area contributed by atoms with Crippen molar-refractivity contribution in [3.05, 3.63) is 107 Å². The summed E-state index contributed by atoms with van der Waals surface area (Å²) in [7, 11) is 1.69. The number of hydrogen-bond acceptors (Lipinski definition) is 6. The minimum Gasteiger partial charge on any atom is -0.497 e. The van der Waals surface area contributed by atoms with Gasteiger partial charge in [0.2, 0.25) is 5.95 Å². The van der Waals surface area contributed by atoms with E-state index >= 15 is 0 Å². The van der Waals surface area contributed by atoms with Gasteiger partial charge in [0.1, 0.15) is 11.6 Å². The molecule has 0 radical (unpaired) electrons. The van der Waals surface area contributed by atoms with Crippen molar-refractivity contribution in [1.29, 1.82) is 0 Å². The summed E-state index contributed by atoms with van der Waals surface area (Å²) in [5, 5.41) is 10.9. The van der Waals surface area contributed by atoms with Crippen LogP contribution in [0.15, 0.2) is 79.0 Å². The molecular formula is C33H33N7O. The van der Waals surface area contributed by atoms with Gasteiger partial charge >= 0.3 is 0 Å². The third-order valence-corrected chi connectivity index (χ3v) is 7.96. The number of aromatic nitrogens is 5. The zero-order valence-corrected chi connectivity index (χ0v) is 23.4. The highest BCUT2D eigenvalue weighted by atomic mass is 16.5. The minimum atomic E-state index is 0.630. The monoisotopic (exact) mass is 543 g/mol. The summed E-state index contributed by atoms with van der Waals surface area (Å²) in [6, 6.07) is 25.1. The van der Waals surface area contributed by atoms with Gasteiger partial charge in [0.05, 0.1) is 24.7 Å². The van der Waals surface area contributed by atoms with Gasteiger partial charge in [-0.25, -0.2) is 4.68 Å². The first-order valence-corrected chi connectivity index (χ1v) is 14.1. The van der Waals surface area contributed by atoms with Crippen molar-refractivity contribution in [2.45, 2.75) is 32.9 Å². The van der Waals surface area contributed by atoms with E-state index in [2.05, 4.69) is 82.9 Å². The Morgan fingerprint density at radius 3 is 2.59 bits per heavy atom. The average Bonchev–Trinajstić information content (AvgIpc) is 3.58. The Morgan fingerprint density at radius 1 is 0.927 bits per heavy atom. The topological polar surface area (TPSA) is 83.9 Å². The molecule has 3 aromatic heterocycles. The molecule has 1 aliphatic rings. The molecule has 3 aromatic carbocycles. The third kappa shape index (κ3) is 4.86. The molecular weight excluding hydrogens is 510 g/mol. The lowest BCUT2D eigenvalue weighted by molar-refractivity contribution is 0.414. The molecule has 41 heavy (non-hydrogen) atoms. The molecule has 0 saturated carbocycles. The lowest BCUT2D eigenvalue weighted by Gasteiger charge is -2.28. The molecule has 0 bridgehead atoms. The van der Waals surface area contributed by atoms with E-state index in [1.54, 1.807) is 7.11 Å². The Labute approximate surface area is 239 Å². The molecule has 8 heteroatoms. The van der Waals surface area contributed by atoms with Gasteiger partial charge in [-0.2, -0.15) is 15.1 Å². The first-order valence-electron chi connectivity index (χ1n) is 14.1. The predicted octanol–water partition coefficient (Wildman–Crippen LogP) is 5.89. The number of nitrogens with zero attached hydrogens (tertiary/aromatic N) is 5. The molecule has 2 N–H and O–H groups in total. The number of ether oxygens (including phenoxy) is 1. The smallest absolute Gasteiger partial charge is 0.226 e. The van der Waals surface area contributed by atoms with E-state index in [9.17, 15) is 0 Å². The van der Waals surface area contributed by atoms with Gasteiger partial charge in [-0.3, -0.25) is 0 Å². The molecule has 206 valence electrons. The molecule has 0 atom stereocenters. The molecule has 0 aliphatic carbocycles. The fourth-order valence-electron chi connectivity index (χ4n) is 5.81. The van der Waals surface area contributed by atoms with Gasteiger partial charge in [-0.1, -0.05) is 60.7 Å². The van der Waals surface area contributed by atoms with Crippen LogP contribution in [0.25, 0.3) is 21.9 Å². The number of aryl methyl sites for hydroxylation is 1. The number of methoxy groups -OCH3 is 1.